The molecule has 2 aromatic heterocycles. The van der Waals surface area contributed by atoms with Gasteiger partial charge in [-0.15, -0.1) is 11.3 Å². The van der Waals surface area contributed by atoms with Crippen molar-refractivity contribution < 1.29 is 9.53 Å². The molecule has 0 aliphatic carbocycles. The molecule has 0 saturated heterocycles. The first kappa shape index (κ1) is 15.7. The first-order valence-corrected chi connectivity index (χ1v) is 7.79. The minimum Gasteiger partial charge on any atom is -0.462 e. The van der Waals surface area contributed by atoms with Crippen molar-refractivity contribution in [3.63, 3.8) is 0 Å². The summed E-state index contributed by atoms with van der Waals surface area (Å²) in [5.74, 6) is -0.322. The van der Waals surface area contributed by atoms with Gasteiger partial charge in [-0.3, -0.25) is 4.68 Å². The summed E-state index contributed by atoms with van der Waals surface area (Å²) in [4.78, 5) is 16.2. The van der Waals surface area contributed by atoms with E-state index in [1.807, 2.05) is 14.0 Å². The molecule has 0 amide bonds. The summed E-state index contributed by atoms with van der Waals surface area (Å²) in [6.45, 7) is 5.54. The molecule has 0 saturated carbocycles. The standard InChI is InChI=1S/C14H20N4O2S/c1-4-20-14(19)12-7-16-18(3)13(12)8-15-6-5-11-9-21-10(2)17-11/h7,9,15H,4-6,8H2,1-3H3. The van der Waals surface area contributed by atoms with Gasteiger partial charge in [-0.1, -0.05) is 0 Å². The van der Waals surface area contributed by atoms with Crippen LogP contribution in [0.15, 0.2) is 11.6 Å². The second-order valence-electron chi connectivity index (χ2n) is 4.63. The summed E-state index contributed by atoms with van der Waals surface area (Å²) >= 11 is 1.66. The highest BCUT2D eigenvalue weighted by atomic mass is 32.1. The van der Waals surface area contributed by atoms with Crippen LogP contribution in [0, 0.1) is 6.92 Å². The number of hydrogen-bond acceptors (Lipinski definition) is 6. The Labute approximate surface area is 128 Å². The zero-order chi connectivity index (χ0) is 15.2. The highest BCUT2D eigenvalue weighted by Gasteiger charge is 2.16. The predicted octanol–water partition coefficient (Wildman–Crippen LogP) is 1.69. The highest BCUT2D eigenvalue weighted by molar-refractivity contribution is 7.09. The lowest BCUT2D eigenvalue weighted by molar-refractivity contribution is 0.0524. The van der Waals surface area contributed by atoms with Crippen LogP contribution in [-0.2, 0) is 24.8 Å². The smallest absolute Gasteiger partial charge is 0.341 e. The van der Waals surface area contributed by atoms with E-state index in [4.69, 9.17) is 4.74 Å². The third kappa shape index (κ3) is 4.12. The molecule has 0 radical (unpaired) electrons. The maximum atomic E-state index is 11.8. The van der Waals surface area contributed by atoms with E-state index in [0.29, 0.717) is 18.7 Å². The van der Waals surface area contributed by atoms with Crippen molar-refractivity contribution in [1.82, 2.24) is 20.1 Å². The summed E-state index contributed by atoms with van der Waals surface area (Å²) in [6, 6.07) is 0. The van der Waals surface area contributed by atoms with Gasteiger partial charge in [0.25, 0.3) is 0 Å². The molecule has 2 heterocycles. The summed E-state index contributed by atoms with van der Waals surface area (Å²) in [5, 5.41) is 10.6. The van der Waals surface area contributed by atoms with Crippen molar-refractivity contribution in [2.24, 2.45) is 7.05 Å². The van der Waals surface area contributed by atoms with Crippen LogP contribution in [0.1, 0.15) is 33.7 Å². The first-order chi connectivity index (χ1) is 10.1. The molecule has 114 valence electrons. The lowest BCUT2D eigenvalue weighted by Gasteiger charge is -2.07. The van der Waals surface area contributed by atoms with Gasteiger partial charge >= 0.3 is 5.97 Å². The lowest BCUT2D eigenvalue weighted by atomic mass is 10.2. The summed E-state index contributed by atoms with van der Waals surface area (Å²) in [5.41, 5.74) is 2.46. The Balaban J connectivity index is 1.88. The Kier molecular flexibility index (Phi) is 5.46. The molecule has 0 atom stereocenters. The molecular weight excluding hydrogens is 288 g/mol. The average Bonchev–Trinajstić information content (AvgIpc) is 3.02. The number of nitrogens with zero attached hydrogens (tertiary/aromatic N) is 3. The second kappa shape index (κ2) is 7.33. The molecule has 0 bridgehead atoms. The quantitative estimate of drug-likeness (QED) is 0.623. The van der Waals surface area contributed by atoms with Gasteiger partial charge in [0.05, 0.1) is 29.2 Å². The molecule has 2 aromatic rings. The van der Waals surface area contributed by atoms with Crippen molar-refractivity contribution in [2.45, 2.75) is 26.8 Å². The predicted molar refractivity (Wildman–Crippen MR) is 81.4 cm³/mol. The number of nitrogens with one attached hydrogen (secondary N) is 1. The van der Waals surface area contributed by atoms with E-state index in [2.05, 4.69) is 20.8 Å². The highest BCUT2D eigenvalue weighted by Crippen LogP contribution is 2.10. The third-order valence-electron chi connectivity index (χ3n) is 3.07. The lowest BCUT2D eigenvalue weighted by Crippen LogP contribution is -2.21. The number of carbonyl (C=O) groups excluding carboxylic acids is 1. The number of rotatable bonds is 7. The van der Waals surface area contributed by atoms with Crippen molar-refractivity contribution in [3.05, 3.63) is 33.5 Å². The largest absolute Gasteiger partial charge is 0.462 e. The Bertz CT molecular complexity index is 606. The topological polar surface area (TPSA) is 69.0 Å². The second-order valence-corrected chi connectivity index (χ2v) is 5.70. The van der Waals surface area contributed by atoms with E-state index in [0.717, 1.165) is 29.4 Å². The number of ether oxygens (including phenoxy) is 1. The van der Waals surface area contributed by atoms with Gasteiger partial charge < -0.3 is 10.1 Å². The molecule has 6 nitrogen and oxygen atoms in total. The van der Waals surface area contributed by atoms with Crippen LogP contribution in [0.4, 0.5) is 0 Å². The van der Waals surface area contributed by atoms with Gasteiger partial charge in [-0.25, -0.2) is 9.78 Å². The Morgan fingerprint density at radius 2 is 2.33 bits per heavy atom. The fourth-order valence-corrected chi connectivity index (χ4v) is 2.65. The van der Waals surface area contributed by atoms with Crippen LogP contribution in [-0.4, -0.2) is 33.9 Å². The van der Waals surface area contributed by atoms with E-state index < -0.39 is 0 Å². The molecular formula is C14H20N4O2S. The minimum absolute atomic E-state index is 0.322. The molecule has 0 spiro atoms. The van der Waals surface area contributed by atoms with Crippen LogP contribution in [0.5, 0.6) is 0 Å². The zero-order valence-corrected chi connectivity index (χ0v) is 13.4. The van der Waals surface area contributed by atoms with Gasteiger partial charge in [0.1, 0.15) is 5.56 Å². The number of aromatic nitrogens is 3. The average molecular weight is 308 g/mol. The van der Waals surface area contributed by atoms with Crippen LogP contribution < -0.4 is 5.32 Å². The molecule has 0 aliphatic heterocycles. The number of esters is 1. The van der Waals surface area contributed by atoms with Crippen molar-refractivity contribution >= 4 is 17.3 Å². The van der Waals surface area contributed by atoms with Crippen molar-refractivity contribution in [1.29, 1.82) is 0 Å². The normalized spacial score (nSPS) is 10.8. The van der Waals surface area contributed by atoms with Gasteiger partial charge in [0, 0.05) is 31.9 Å². The first-order valence-electron chi connectivity index (χ1n) is 6.91. The van der Waals surface area contributed by atoms with E-state index in [1.54, 1.807) is 29.1 Å². The number of aryl methyl sites for hydroxylation is 2. The summed E-state index contributed by atoms with van der Waals surface area (Å²) in [6.07, 6.45) is 2.43. The van der Waals surface area contributed by atoms with Gasteiger partial charge in [0.2, 0.25) is 0 Å². The monoisotopic (exact) mass is 308 g/mol. The maximum Gasteiger partial charge on any atom is 0.341 e. The van der Waals surface area contributed by atoms with Crippen molar-refractivity contribution in [2.75, 3.05) is 13.2 Å². The van der Waals surface area contributed by atoms with E-state index in [1.165, 1.54) is 0 Å². The van der Waals surface area contributed by atoms with Crippen LogP contribution >= 0.6 is 11.3 Å². The Morgan fingerprint density at radius 1 is 1.52 bits per heavy atom. The molecule has 1 N–H and O–H groups in total. The van der Waals surface area contributed by atoms with Gasteiger partial charge in [-0.05, 0) is 13.8 Å². The van der Waals surface area contributed by atoms with Gasteiger partial charge in [0.15, 0.2) is 0 Å². The van der Waals surface area contributed by atoms with Crippen LogP contribution in [0.3, 0.4) is 0 Å². The molecule has 0 fully saturated rings. The Morgan fingerprint density at radius 3 is 3.00 bits per heavy atom. The molecule has 0 unspecified atom stereocenters. The van der Waals surface area contributed by atoms with E-state index in [9.17, 15) is 4.79 Å². The maximum absolute atomic E-state index is 11.8. The number of thiazole rings is 1. The SMILES string of the molecule is CCOC(=O)c1cnn(C)c1CNCCc1csc(C)n1. The van der Waals surface area contributed by atoms with E-state index >= 15 is 0 Å². The molecule has 2 rings (SSSR count). The van der Waals surface area contributed by atoms with Crippen LogP contribution in [0.25, 0.3) is 0 Å². The summed E-state index contributed by atoms with van der Waals surface area (Å²) in [7, 11) is 1.82. The molecule has 21 heavy (non-hydrogen) atoms. The van der Waals surface area contributed by atoms with Crippen molar-refractivity contribution in [3.8, 4) is 0 Å². The molecule has 0 aromatic carbocycles. The van der Waals surface area contributed by atoms with Gasteiger partial charge in [-0.2, -0.15) is 5.10 Å². The number of hydrogen-bond donors (Lipinski definition) is 1. The zero-order valence-electron chi connectivity index (χ0n) is 12.5. The number of carbonyl (C=O) groups is 1. The minimum atomic E-state index is -0.322. The summed E-state index contributed by atoms with van der Waals surface area (Å²) < 4.78 is 6.73. The van der Waals surface area contributed by atoms with E-state index in [-0.39, 0.29) is 5.97 Å². The fourth-order valence-electron chi connectivity index (χ4n) is 2.00. The molecule has 7 heteroatoms. The van der Waals surface area contributed by atoms with Crippen LogP contribution in [0.2, 0.25) is 0 Å². The Hall–Kier alpha value is -1.73. The fraction of sp³-hybridized carbons (Fsp3) is 0.500. The third-order valence-corrected chi connectivity index (χ3v) is 3.90. The molecule has 0 aliphatic rings.